The number of nitrogens with zero attached hydrogens (tertiary/aromatic N) is 2. The van der Waals surface area contributed by atoms with Crippen LogP contribution in [0.4, 0.5) is 11.4 Å². The third-order valence-electron chi connectivity index (χ3n) is 5.15. The monoisotopic (exact) mass is 366 g/mol. The number of carbonyl (C=O) groups excluding carboxylic acids is 2. The van der Waals surface area contributed by atoms with E-state index >= 15 is 0 Å². The molecule has 2 aromatic rings. The maximum absolute atomic E-state index is 13.0. The lowest BCUT2D eigenvalue weighted by atomic mass is 9.97. The lowest BCUT2D eigenvalue weighted by Gasteiger charge is -2.31. The minimum absolute atomic E-state index is 0.0397. The molecule has 0 bridgehead atoms. The lowest BCUT2D eigenvalue weighted by molar-refractivity contribution is -0.142. The maximum Gasteiger partial charge on any atom is 0.328 e. The number of benzene rings is 2. The summed E-state index contributed by atoms with van der Waals surface area (Å²) >= 11 is 0. The van der Waals surface area contributed by atoms with E-state index in [1.165, 1.54) is 7.11 Å². The number of hydrogen-bond acceptors (Lipinski definition) is 4. The van der Waals surface area contributed by atoms with E-state index < -0.39 is 6.04 Å². The Kier molecular flexibility index (Phi) is 5.79. The van der Waals surface area contributed by atoms with Gasteiger partial charge < -0.3 is 14.5 Å². The molecule has 3 rings (SSSR count). The average molecular weight is 366 g/mol. The van der Waals surface area contributed by atoms with E-state index in [2.05, 4.69) is 0 Å². The number of methoxy groups -OCH3 is 1. The van der Waals surface area contributed by atoms with Gasteiger partial charge in [0.05, 0.1) is 24.5 Å². The Morgan fingerprint density at radius 3 is 2.22 bits per heavy atom. The summed E-state index contributed by atoms with van der Waals surface area (Å²) in [5, 5.41) is 0. The largest absolute Gasteiger partial charge is 0.467 e. The molecular weight excluding hydrogens is 340 g/mol. The zero-order valence-corrected chi connectivity index (χ0v) is 16.1. The first-order chi connectivity index (χ1) is 13.1. The number of para-hydroxylation sites is 2. The van der Waals surface area contributed by atoms with Crippen LogP contribution in [0.5, 0.6) is 0 Å². The molecule has 2 aromatic carbocycles. The maximum atomic E-state index is 13.0. The average Bonchev–Trinajstić information content (AvgIpc) is 2.87. The van der Waals surface area contributed by atoms with Gasteiger partial charge in [0.2, 0.25) is 5.91 Å². The van der Waals surface area contributed by atoms with Crippen LogP contribution in [0.2, 0.25) is 0 Å². The molecule has 142 valence electrons. The number of fused-ring (bicyclic) bond motifs is 1. The van der Waals surface area contributed by atoms with E-state index in [9.17, 15) is 9.59 Å². The topological polar surface area (TPSA) is 49.9 Å². The molecule has 1 aliphatic rings. The third kappa shape index (κ3) is 3.54. The molecule has 5 nitrogen and oxygen atoms in total. The lowest BCUT2D eigenvalue weighted by Crippen LogP contribution is -2.43. The van der Waals surface area contributed by atoms with Crippen molar-refractivity contribution in [3.05, 3.63) is 60.2 Å². The minimum Gasteiger partial charge on any atom is -0.467 e. The number of ether oxygens (including phenoxy) is 1. The minimum atomic E-state index is -0.457. The third-order valence-corrected chi connectivity index (χ3v) is 5.15. The van der Waals surface area contributed by atoms with E-state index in [-0.39, 0.29) is 17.9 Å². The van der Waals surface area contributed by atoms with Crippen molar-refractivity contribution >= 4 is 23.3 Å². The van der Waals surface area contributed by atoms with Crippen LogP contribution in [-0.4, -0.2) is 31.6 Å². The summed E-state index contributed by atoms with van der Waals surface area (Å²) in [7, 11) is 1.42. The molecule has 1 aliphatic heterocycles. The summed E-state index contributed by atoms with van der Waals surface area (Å²) in [6, 6.07) is 17.0. The van der Waals surface area contributed by atoms with E-state index in [1.54, 1.807) is 0 Å². The fourth-order valence-corrected chi connectivity index (χ4v) is 3.88. The zero-order chi connectivity index (χ0) is 19.4. The predicted octanol–water partition coefficient (Wildman–Crippen LogP) is 3.94. The Balaban J connectivity index is 2.23. The van der Waals surface area contributed by atoms with Crippen LogP contribution in [0.15, 0.2) is 54.6 Å². The number of anilines is 2. The van der Waals surface area contributed by atoms with Crippen LogP contribution < -0.4 is 9.80 Å². The van der Waals surface area contributed by atoms with Gasteiger partial charge in [0, 0.05) is 19.4 Å². The number of hydrogen-bond donors (Lipinski definition) is 0. The van der Waals surface area contributed by atoms with Crippen molar-refractivity contribution in [2.75, 3.05) is 23.5 Å². The number of carbonyl (C=O) groups is 2. The molecule has 0 aliphatic carbocycles. The van der Waals surface area contributed by atoms with Gasteiger partial charge in [-0.2, -0.15) is 0 Å². The Morgan fingerprint density at radius 1 is 1.00 bits per heavy atom. The van der Waals surface area contributed by atoms with Gasteiger partial charge in [-0.05, 0) is 24.6 Å². The van der Waals surface area contributed by atoms with Gasteiger partial charge in [-0.3, -0.25) is 4.79 Å². The highest BCUT2D eigenvalue weighted by Crippen LogP contribution is 2.42. The second-order valence-corrected chi connectivity index (χ2v) is 6.59. The summed E-state index contributed by atoms with van der Waals surface area (Å²) in [4.78, 5) is 29.6. The quantitative estimate of drug-likeness (QED) is 0.769. The fourth-order valence-electron chi connectivity index (χ4n) is 3.88. The van der Waals surface area contributed by atoms with Crippen molar-refractivity contribution in [2.45, 2.75) is 38.8 Å². The molecule has 0 fully saturated rings. The van der Waals surface area contributed by atoms with Crippen LogP contribution in [0.1, 0.15) is 38.3 Å². The van der Waals surface area contributed by atoms with E-state index in [0.29, 0.717) is 19.4 Å². The van der Waals surface area contributed by atoms with E-state index in [0.717, 1.165) is 16.9 Å². The first-order valence-electron chi connectivity index (χ1n) is 9.42. The van der Waals surface area contributed by atoms with Gasteiger partial charge in [0.1, 0.15) is 6.04 Å². The number of rotatable bonds is 4. The normalized spacial score (nSPS) is 19.2. The standard InChI is InChI=1S/C22H26N2O3/c1-4-21(25)24-18-14-10-9-13-17(18)23(5-2)20(22(26)27-3)15-19(24)16-11-7-6-8-12-16/h6-14,19-20H,4-5,15H2,1-3H3. The molecule has 1 heterocycles. The molecular formula is C22H26N2O3. The zero-order valence-electron chi connectivity index (χ0n) is 16.1. The molecule has 0 N–H and O–H groups in total. The Hall–Kier alpha value is -2.82. The van der Waals surface area contributed by atoms with Crippen molar-refractivity contribution in [1.29, 1.82) is 0 Å². The van der Waals surface area contributed by atoms with Gasteiger partial charge >= 0.3 is 5.97 Å². The molecule has 0 saturated heterocycles. The highest BCUT2D eigenvalue weighted by molar-refractivity contribution is 5.99. The van der Waals surface area contributed by atoms with Crippen molar-refractivity contribution in [3.63, 3.8) is 0 Å². The van der Waals surface area contributed by atoms with Gasteiger partial charge in [-0.1, -0.05) is 49.4 Å². The van der Waals surface area contributed by atoms with Gasteiger partial charge in [-0.25, -0.2) is 4.79 Å². The fraction of sp³-hybridized carbons (Fsp3) is 0.364. The van der Waals surface area contributed by atoms with E-state index in [1.807, 2.05) is 78.2 Å². The molecule has 1 amide bonds. The second-order valence-electron chi connectivity index (χ2n) is 6.59. The Labute approximate surface area is 160 Å². The summed E-state index contributed by atoms with van der Waals surface area (Å²) in [6.45, 7) is 4.53. The molecule has 27 heavy (non-hydrogen) atoms. The summed E-state index contributed by atoms with van der Waals surface area (Å²) < 4.78 is 5.11. The summed E-state index contributed by atoms with van der Waals surface area (Å²) in [6.07, 6.45) is 0.873. The van der Waals surface area contributed by atoms with Crippen molar-refractivity contribution in [1.82, 2.24) is 0 Å². The second kappa shape index (κ2) is 8.25. The molecule has 0 radical (unpaired) electrons. The van der Waals surface area contributed by atoms with Crippen LogP contribution in [0.3, 0.4) is 0 Å². The van der Waals surface area contributed by atoms with Crippen LogP contribution in [0, 0.1) is 0 Å². The molecule has 2 unspecified atom stereocenters. The first kappa shape index (κ1) is 19.0. The Morgan fingerprint density at radius 2 is 1.63 bits per heavy atom. The number of amides is 1. The molecule has 0 spiro atoms. The highest BCUT2D eigenvalue weighted by atomic mass is 16.5. The molecule has 2 atom stereocenters. The smallest absolute Gasteiger partial charge is 0.328 e. The van der Waals surface area contributed by atoms with Gasteiger partial charge in [-0.15, -0.1) is 0 Å². The van der Waals surface area contributed by atoms with Crippen molar-refractivity contribution < 1.29 is 14.3 Å². The molecule has 0 aromatic heterocycles. The van der Waals surface area contributed by atoms with Gasteiger partial charge in [0.25, 0.3) is 0 Å². The summed E-state index contributed by atoms with van der Waals surface area (Å²) in [5.74, 6) is -0.240. The van der Waals surface area contributed by atoms with Crippen LogP contribution in [0.25, 0.3) is 0 Å². The summed E-state index contributed by atoms with van der Waals surface area (Å²) in [5.41, 5.74) is 2.74. The first-order valence-corrected chi connectivity index (χ1v) is 9.42. The van der Waals surface area contributed by atoms with Gasteiger partial charge in [0.15, 0.2) is 0 Å². The number of likely N-dealkylation sites (N-methyl/N-ethyl adjacent to an activating group) is 1. The van der Waals surface area contributed by atoms with Crippen molar-refractivity contribution in [3.8, 4) is 0 Å². The van der Waals surface area contributed by atoms with Crippen molar-refractivity contribution in [2.24, 2.45) is 0 Å². The predicted molar refractivity (Wildman–Crippen MR) is 107 cm³/mol. The molecule has 0 saturated carbocycles. The number of esters is 1. The highest BCUT2D eigenvalue weighted by Gasteiger charge is 2.39. The molecule has 5 heteroatoms. The van der Waals surface area contributed by atoms with Crippen LogP contribution in [-0.2, 0) is 14.3 Å². The van der Waals surface area contributed by atoms with E-state index in [4.69, 9.17) is 4.74 Å². The SMILES string of the molecule is CCC(=O)N1c2ccccc2N(CC)C(C(=O)OC)CC1c1ccccc1. The Bertz CT molecular complexity index is 806. The van der Waals surface area contributed by atoms with Crippen LogP contribution >= 0.6 is 0 Å².